The minimum absolute atomic E-state index is 0.0226. The number of nitrogens with one attached hydrogen (secondary N) is 1. The molecule has 23 heavy (non-hydrogen) atoms. The van der Waals surface area contributed by atoms with Crippen molar-refractivity contribution < 1.29 is 4.79 Å². The monoisotopic (exact) mass is 330 g/mol. The van der Waals surface area contributed by atoms with E-state index < -0.39 is 0 Å². The molecule has 0 spiro atoms. The molecule has 2 aliphatic rings. The molecule has 0 radical (unpaired) electrons. The molecule has 2 aromatic heterocycles. The van der Waals surface area contributed by atoms with Crippen molar-refractivity contribution in [2.75, 3.05) is 6.54 Å². The van der Waals surface area contributed by atoms with Gasteiger partial charge in [-0.25, -0.2) is 4.98 Å². The third kappa shape index (κ3) is 2.80. The van der Waals surface area contributed by atoms with Gasteiger partial charge in [0.2, 0.25) is 0 Å². The van der Waals surface area contributed by atoms with Crippen molar-refractivity contribution in [3.63, 3.8) is 0 Å². The Morgan fingerprint density at radius 2 is 2.17 bits per heavy atom. The average Bonchev–Trinajstić information content (AvgIpc) is 3.24. The van der Waals surface area contributed by atoms with Crippen LogP contribution in [0.2, 0.25) is 0 Å². The molecule has 1 atom stereocenters. The summed E-state index contributed by atoms with van der Waals surface area (Å²) < 4.78 is 0. The van der Waals surface area contributed by atoms with E-state index in [0.29, 0.717) is 0 Å². The minimum atomic E-state index is 0.0226. The summed E-state index contributed by atoms with van der Waals surface area (Å²) in [6, 6.07) is 2.17. The first kappa shape index (κ1) is 14.9. The number of H-pyrrole nitrogens is 1. The van der Waals surface area contributed by atoms with Gasteiger partial charge in [-0.15, -0.1) is 11.3 Å². The summed E-state index contributed by atoms with van der Waals surface area (Å²) in [4.78, 5) is 21.7. The summed E-state index contributed by atoms with van der Waals surface area (Å²) in [5.41, 5.74) is 1.40. The lowest BCUT2D eigenvalue weighted by Crippen LogP contribution is -2.30. The Morgan fingerprint density at radius 3 is 3.00 bits per heavy atom. The lowest BCUT2D eigenvalue weighted by molar-refractivity contribution is 0.0735. The standard InChI is InChI=1S/C17H22N4OS/c1-11-18-16(20-19-11)13-7-5-9-21(13)17(22)15-10-12-6-3-2-4-8-14(12)23-15/h10,13H,2-9H2,1H3,(H,18,19,20)/t13-/m0/s1. The molecule has 1 fully saturated rings. The van der Waals surface area contributed by atoms with Gasteiger partial charge in [0.1, 0.15) is 5.82 Å². The fourth-order valence-electron chi connectivity index (χ4n) is 3.70. The number of nitrogens with zero attached hydrogens (tertiary/aromatic N) is 3. The van der Waals surface area contributed by atoms with E-state index in [1.54, 1.807) is 11.3 Å². The van der Waals surface area contributed by atoms with Crippen LogP contribution in [0, 0.1) is 6.92 Å². The highest BCUT2D eigenvalue weighted by atomic mass is 32.1. The molecule has 0 unspecified atom stereocenters. The predicted molar refractivity (Wildman–Crippen MR) is 89.7 cm³/mol. The maximum absolute atomic E-state index is 13.0. The molecule has 5 nitrogen and oxygen atoms in total. The van der Waals surface area contributed by atoms with Crippen LogP contribution >= 0.6 is 11.3 Å². The average molecular weight is 330 g/mol. The topological polar surface area (TPSA) is 61.9 Å². The molecular formula is C17H22N4OS. The van der Waals surface area contributed by atoms with E-state index in [1.165, 1.54) is 29.7 Å². The number of thiophene rings is 1. The number of amides is 1. The minimum Gasteiger partial charge on any atom is -0.328 e. The predicted octanol–water partition coefficient (Wildman–Crippen LogP) is 3.42. The Balaban J connectivity index is 1.58. The van der Waals surface area contributed by atoms with Crippen LogP contribution in [0.3, 0.4) is 0 Å². The zero-order chi connectivity index (χ0) is 15.8. The number of aromatic amines is 1. The van der Waals surface area contributed by atoms with Gasteiger partial charge in [-0.1, -0.05) is 6.42 Å². The maximum atomic E-state index is 13.0. The summed E-state index contributed by atoms with van der Waals surface area (Å²) in [6.07, 6.45) is 8.05. The zero-order valence-corrected chi connectivity index (χ0v) is 14.3. The maximum Gasteiger partial charge on any atom is 0.264 e. The molecule has 1 aliphatic carbocycles. The molecule has 3 heterocycles. The lowest BCUT2D eigenvalue weighted by Gasteiger charge is -2.21. The van der Waals surface area contributed by atoms with Gasteiger partial charge in [0, 0.05) is 11.4 Å². The van der Waals surface area contributed by atoms with Gasteiger partial charge in [0.15, 0.2) is 5.82 Å². The molecule has 122 valence electrons. The van der Waals surface area contributed by atoms with E-state index in [4.69, 9.17) is 0 Å². The van der Waals surface area contributed by atoms with Gasteiger partial charge in [-0.3, -0.25) is 9.89 Å². The number of hydrogen-bond acceptors (Lipinski definition) is 4. The van der Waals surface area contributed by atoms with Crippen LogP contribution < -0.4 is 0 Å². The van der Waals surface area contributed by atoms with Crippen molar-refractivity contribution in [1.82, 2.24) is 20.1 Å². The van der Waals surface area contributed by atoms with Crippen LogP contribution in [0.1, 0.15) is 69.9 Å². The van der Waals surface area contributed by atoms with E-state index in [-0.39, 0.29) is 11.9 Å². The summed E-state index contributed by atoms with van der Waals surface area (Å²) in [5, 5.41) is 7.17. The van der Waals surface area contributed by atoms with Crippen molar-refractivity contribution in [3.05, 3.63) is 33.0 Å². The van der Waals surface area contributed by atoms with Crippen molar-refractivity contribution >= 4 is 17.2 Å². The highest BCUT2D eigenvalue weighted by molar-refractivity contribution is 7.14. The molecule has 0 saturated carbocycles. The smallest absolute Gasteiger partial charge is 0.264 e. The van der Waals surface area contributed by atoms with Gasteiger partial charge in [-0.05, 0) is 57.1 Å². The molecule has 0 bridgehead atoms. The number of carbonyl (C=O) groups is 1. The van der Waals surface area contributed by atoms with Crippen LogP contribution in [-0.4, -0.2) is 32.5 Å². The van der Waals surface area contributed by atoms with Gasteiger partial charge in [-0.2, -0.15) is 5.10 Å². The summed E-state index contributed by atoms with van der Waals surface area (Å²) in [6.45, 7) is 2.70. The molecule has 1 aliphatic heterocycles. The molecule has 2 aromatic rings. The van der Waals surface area contributed by atoms with Crippen LogP contribution in [0.4, 0.5) is 0 Å². The third-order valence-electron chi connectivity index (χ3n) is 4.88. The molecule has 0 aromatic carbocycles. The second kappa shape index (κ2) is 6.07. The van der Waals surface area contributed by atoms with Crippen LogP contribution in [-0.2, 0) is 12.8 Å². The fraction of sp³-hybridized carbons (Fsp3) is 0.588. The lowest BCUT2D eigenvalue weighted by atomic mass is 10.1. The number of hydrogen-bond donors (Lipinski definition) is 1. The molecule has 6 heteroatoms. The van der Waals surface area contributed by atoms with Crippen molar-refractivity contribution in [2.24, 2.45) is 0 Å². The van der Waals surface area contributed by atoms with Crippen LogP contribution in [0.15, 0.2) is 6.07 Å². The SMILES string of the molecule is Cc1nc([C@@H]2CCCN2C(=O)c2cc3c(s2)CCCCC3)n[nH]1. The number of rotatable bonds is 2. The van der Waals surface area contributed by atoms with E-state index >= 15 is 0 Å². The van der Waals surface area contributed by atoms with Crippen molar-refractivity contribution in [1.29, 1.82) is 0 Å². The van der Waals surface area contributed by atoms with Crippen molar-refractivity contribution in [2.45, 2.75) is 57.9 Å². The number of likely N-dealkylation sites (tertiary alicyclic amines) is 1. The Bertz CT molecular complexity index is 697. The number of fused-ring (bicyclic) bond motifs is 1. The summed E-state index contributed by atoms with van der Waals surface area (Å²) in [5.74, 6) is 1.72. The third-order valence-corrected chi connectivity index (χ3v) is 6.11. The van der Waals surface area contributed by atoms with E-state index in [2.05, 4.69) is 21.2 Å². The largest absolute Gasteiger partial charge is 0.328 e. The Kier molecular flexibility index (Phi) is 3.93. The second-order valence-corrected chi connectivity index (χ2v) is 7.69. The van der Waals surface area contributed by atoms with Gasteiger partial charge < -0.3 is 4.90 Å². The Morgan fingerprint density at radius 1 is 1.30 bits per heavy atom. The van der Waals surface area contributed by atoms with Gasteiger partial charge >= 0.3 is 0 Å². The second-order valence-electron chi connectivity index (χ2n) is 6.56. The van der Waals surface area contributed by atoms with Gasteiger partial charge in [0.05, 0.1) is 10.9 Å². The Labute approximate surface area is 140 Å². The first-order valence-electron chi connectivity index (χ1n) is 8.54. The van der Waals surface area contributed by atoms with Gasteiger partial charge in [0.25, 0.3) is 5.91 Å². The molecule has 4 rings (SSSR count). The number of aromatic nitrogens is 3. The summed E-state index contributed by atoms with van der Waals surface area (Å²) in [7, 11) is 0. The van der Waals surface area contributed by atoms with E-state index in [9.17, 15) is 4.79 Å². The molecular weight excluding hydrogens is 308 g/mol. The van der Waals surface area contributed by atoms with E-state index in [1.807, 2.05) is 11.8 Å². The van der Waals surface area contributed by atoms with Crippen molar-refractivity contribution in [3.8, 4) is 0 Å². The first-order valence-corrected chi connectivity index (χ1v) is 9.35. The molecule has 1 N–H and O–H groups in total. The molecule has 1 amide bonds. The summed E-state index contributed by atoms with van der Waals surface area (Å²) >= 11 is 1.71. The molecule has 1 saturated heterocycles. The van der Waals surface area contributed by atoms with Crippen LogP contribution in [0.25, 0.3) is 0 Å². The quantitative estimate of drug-likeness (QED) is 0.858. The highest BCUT2D eigenvalue weighted by Gasteiger charge is 2.34. The first-order chi connectivity index (χ1) is 11.2. The normalized spacial score (nSPS) is 21.3. The van der Waals surface area contributed by atoms with Crippen LogP contribution in [0.5, 0.6) is 0 Å². The number of carbonyl (C=O) groups excluding carboxylic acids is 1. The zero-order valence-electron chi connectivity index (χ0n) is 13.5. The highest BCUT2D eigenvalue weighted by Crippen LogP contribution is 2.35. The Hall–Kier alpha value is -1.69. The van der Waals surface area contributed by atoms with E-state index in [0.717, 1.165) is 48.8 Å². The fourth-order valence-corrected chi connectivity index (χ4v) is 4.91. The number of aryl methyl sites for hydroxylation is 3.